The van der Waals surface area contributed by atoms with Gasteiger partial charge in [0.25, 0.3) is 0 Å². The van der Waals surface area contributed by atoms with E-state index in [0.29, 0.717) is 12.4 Å². The second-order valence-electron chi connectivity index (χ2n) is 3.80. The molecule has 3 heteroatoms. The van der Waals surface area contributed by atoms with Gasteiger partial charge in [-0.15, -0.1) is 11.3 Å². The van der Waals surface area contributed by atoms with E-state index in [1.807, 2.05) is 19.9 Å². The Morgan fingerprint density at radius 3 is 2.93 bits per heavy atom. The number of thiophene rings is 1. The van der Waals surface area contributed by atoms with Crippen molar-refractivity contribution in [3.63, 3.8) is 0 Å². The summed E-state index contributed by atoms with van der Waals surface area (Å²) >= 11 is 1.64. The second kappa shape index (κ2) is 4.21. The number of ether oxygens (including phenoxy) is 1. The molecule has 0 aliphatic heterocycles. The molecule has 2 aromatic rings. The molecule has 0 fully saturated rings. The summed E-state index contributed by atoms with van der Waals surface area (Å²) in [6, 6.07) is 5.45. The minimum Gasteiger partial charge on any atom is -0.508 e. The fourth-order valence-electron chi connectivity index (χ4n) is 1.44. The zero-order chi connectivity index (χ0) is 10.8. The van der Waals surface area contributed by atoms with E-state index in [1.165, 1.54) is 10.9 Å². The van der Waals surface area contributed by atoms with Gasteiger partial charge in [-0.05, 0) is 48.4 Å². The lowest BCUT2D eigenvalue weighted by Crippen LogP contribution is -2.01. The fraction of sp³-hybridized carbons (Fsp3) is 0.333. The van der Waals surface area contributed by atoms with Crippen LogP contribution in [-0.2, 0) is 11.3 Å². The molecule has 15 heavy (non-hydrogen) atoms. The zero-order valence-corrected chi connectivity index (χ0v) is 9.67. The number of rotatable bonds is 3. The third-order valence-electron chi connectivity index (χ3n) is 2.21. The van der Waals surface area contributed by atoms with Crippen LogP contribution in [0.4, 0.5) is 0 Å². The van der Waals surface area contributed by atoms with Crippen LogP contribution in [0.25, 0.3) is 10.1 Å². The molecular formula is C12H14O2S. The molecule has 0 amide bonds. The lowest BCUT2D eigenvalue weighted by Gasteiger charge is -2.06. The van der Waals surface area contributed by atoms with Crippen LogP contribution in [0.3, 0.4) is 0 Å². The first-order chi connectivity index (χ1) is 7.16. The molecule has 0 saturated carbocycles. The Hall–Kier alpha value is -1.06. The van der Waals surface area contributed by atoms with E-state index in [9.17, 15) is 5.11 Å². The van der Waals surface area contributed by atoms with E-state index in [-0.39, 0.29) is 6.10 Å². The van der Waals surface area contributed by atoms with Crippen molar-refractivity contribution in [2.45, 2.75) is 26.6 Å². The van der Waals surface area contributed by atoms with Crippen LogP contribution in [0.2, 0.25) is 0 Å². The number of fused-ring (bicyclic) bond motifs is 1. The molecule has 1 heterocycles. The van der Waals surface area contributed by atoms with E-state index in [0.717, 1.165) is 4.70 Å². The Morgan fingerprint density at radius 2 is 2.20 bits per heavy atom. The number of phenols is 1. The van der Waals surface area contributed by atoms with Crippen LogP contribution >= 0.6 is 11.3 Å². The van der Waals surface area contributed by atoms with Crippen molar-refractivity contribution >= 4 is 21.4 Å². The highest BCUT2D eigenvalue weighted by Gasteiger charge is 2.05. The fourth-order valence-corrected chi connectivity index (χ4v) is 2.42. The van der Waals surface area contributed by atoms with Crippen molar-refractivity contribution in [1.29, 1.82) is 0 Å². The molecule has 0 radical (unpaired) electrons. The molecule has 1 N–H and O–H groups in total. The number of benzene rings is 1. The van der Waals surface area contributed by atoms with E-state index in [1.54, 1.807) is 23.5 Å². The quantitative estimate of drug-likeness (QED) is 0.860. The Morgan fingerprint density at radius 1 is 1.40 bits per heavy atom. The summed E-state index contributed by atoms with van der Waals surface area (Å²) in [5.41, 5.74) is 1.20. The van der Waals surface area contributed by atoms with Gasteiger partial charge in [-0.25, -0.2) is 0 Å². The summed E-state index contributed by atoms with van der Waals surface area (Å²) < 4.78 is 6.68. The van der Waals surface area contributed by atoms with Gasteiger partial charge in [0.05, 0.1) is 12.7 Å². The van der Waals surface area contributed by atoms with E-state index in [4.69, 9.17) is 4.74 Å². The van der Waals surface area contributed by atoms with Gasteiger partial charge in [0.15, 0.2) is 0 Å². The summed E-state index contributed by atoms with van der Waals surface area (Å²) in [5, 5.41) is 12.6. The third-order valence-corrected chi connectivity index (χ3v) is 3.21. The molecule has 2 nitrogen and oxygen atoms in total. The van der Waals surface area contributed by atoms with Crippen molar-refractivity contribution in [3.8, 4) is 5.75 Å². The van der Waals surface area contributed by atoms with Crippen molar-refractivity contribution in [1.82, 2.24) is 0 Å². The predicted molar refractivity (Wildman–Crippen MR) is 63.4 cm³/mol. The summed E-state index contributed by atoms with van der Waals surface area (Å²) in [5.74, 6) is 0.320. The van der Waals surface area contributed by atoms with Gasteiger partial charge in [-0.2, -0.15) is 0 Å². The number of phenolic OH excluding ortho intramolecular Hbond substituents is 1. The van der Waals surface area contributed by atoms with Crippen LogP contribution in [0.15, 0.2) is 23.6 Å². The van der Waals surface area contributed by atoms with Gasteiger partial charge < -0.3 is 9.84 Å². The van der Waals surface area contributed by atoms with Crippen molar-refractivity contribution in [3.05, 3.63) is 29.1 Å². The minimum absolute atomic E-state index is 0.247. The van der Waals surface area contributed by atoms with Gasteiger partial charge in [0.1, 0.15) is 5.75 Å². The maximum absolute atomic E-state index is 9.33. The Kier molecular flexibility index (Phi) is 2.93. The molecule has 0 aliphatic rings. The van der Waals surface area contributed by atoms with Gasteiger partial charge in [-0.3, -0.25) is 0 Å². The lowest BCUT2D eigenvalue weighted by molar-refractivity contribution is 0.0666. The largest absolute Gasteiger partial charge is 0.508 e. The molecule has 80 valence electrons. The van der Waals surface area contributed by atoms with Crippen LogP contribution in [0.5, 0.6) is 5.75 Å². The Bertz CT molecular complexity index is 460. The second-order valence-corrected chi connectivity index (χ2v) is 4.71. The summed E-state index contributed by atoms with van der Waals surface area (Å²) in [7, 11) is 0. The van der Waals surface area contributed by atoms with E-state index in [2.05, 4.69) is 5.38 Å². The molecule has 0 aliphatic carbocycles. The van der Waals surface area contributed by atoms with Crippen LogP contribution in [0, 0.1) is 0 Å². The van der Waals surface area contributed by atoms with Gasteiger partial charge in [-0.1, -0.05) is 0 Å². The van der Waals surface area contributed by atoms with Crippen molar-refractivity contribution < 1.29 is 9.84 Å². The summed E-state index contributed by atoms with van der Waals surface area (Å²) in [6.45, 7) is 4.70. The normalized spacial score (nSPS) is 11.4. The topological polar surface area (TPSA) is 29.5 Å². The highest BCUT2D eigenvalue weighted by molar-refractivity contribution is 7.17. The number of aromatic hydroxyl groups is 1. The molecule has 0 bridgehead atoms. The van der Waals surface area contributed by atoms with Crippen molar-refractivity contribution in [2.75, 3.05) is 0 Å². The first kappa shape index (κ1) is 10.5. The van der Waals surface area contributed by atoms with Crippen molar-refractivity contribution in [2.24, 2.45) is 0 Å². The molecule has 2 rings (SSSR count). The summed E-state index contributed by atoms with van der Waals surface area (Å²) in [4.78, 5) is 0. The minimum atomic E-state index is 0.247. The first-order valence-corrected chi connectivity index (χ1v) is 5.85. The molecule has 0 spiro atoms. The maximum atomic E-state index is 9.33. The summed E-state index contributed by atoms with van der Waals surface area (Å²) in [6.07, 6.45) is 0.247. The average Bonchev–Trinajstić information content (AvgIpc) is 2.57. The molecule has 0 unspecified atom stereocenters. The molecular weight excluding hydrogens is 208 g/mol. The van der Waals surface area contributed by atoms with Gasteiger partial charge >= 0.3 is 0 Å². The Labute approximate surface area is 93.1 Å². The smallest absolute Gasteiger partial charge is 0.117 e. The third kappa shape index (κ3) is 2.30. The highest BCUT2D eigenvalue weighted by Crippen LogP contribution is 2.29. The molecule has 0 saturated heterocycles. The van der Waals surface area contributed by atoms with Gasteiger partial charge in [0.2, 0.25) is 0 Å². The lowest BCUT2D eigenvalue weighted by atomic mass is 10.2. The predicted octanol–water partition coefficient (Wildman–Crippen LogP) is 3.53. The van der Waals surface area contributed by atoms with Gasteiger partial charge in [0, 0.05) is 4.70 Å². The molecule has 1 aromatic carbocycles. The van der Waals surface area contributed by atoms with Crippen LogP contribution < -0.4 is 0 Å². The highest BCUT2D eigenvalue weighted by atomic mass is 32.1. The Balaban J connectivity index is 2.29. The maximum Gasteiger partial charge on any atom is 0.117 e. The molecule has 0 atom stereocenters. The van der Waals surface area contributed by atoms with Crippen LogP contribution in [0.1, 0.15) is 19.4 Å². The molecule has 1 aromatic heterocycles. The first-order valence-electron chi connectivity index (χ1n) is 4.97. The van der Waals surface area contributed by atoms with Crippen LogP contribution in [-0.4, -0.2) is 11.2 Å². The van der Waals surface area contributed by atoms with E-state index >= 15 is 0 Å². The standard InChI is InChI=1S/C12H14O2S/c1-8(2)14-6-9-7-15-12-5-10(13)3-4-11(9)12/h3-5,7-8,13H,6H2,1-2H3. The average molecular weight is 222 g/mol. The monoisotopic (exact) mass is 222 g/mol. The number of hydrogen-bond donors (Lipinski definition) is 1. The zero-order valence-electron chi connectivity index (χ0n) is 8.86. The van der Waals surface area contributed by atoms with E-state index < -0.39 is 0 Å². The SMILES string of the molecule is CC(C)OCc1csc2cc(O)ccc12. The number of hydrogen-bond acceptors (Lipinski definition) is 3.